The largest absolute Gasteiger partial charge is 0.549 e. The predicted octanol–water partition coefficient (Wildman–Crippen LogP) is 4.64. The number of rotatable bonds is 6. The zero-order chi connectivity index (χ0) is 17.7. The molecule has 4 nitrogen and oxygen atoms in total. The average Bonchev–Trinajstić information content (AvgIpc) is 2.92. The quantitative estimate of drug-likeness (QED) is 0.402. The Bertz CT molecular complexity index is 474. The molecule has 0 amide bonds. The Balaban J connectivity index is 2.75. The molecule has 23 heavy (non-hydrogen) atoms. The van der Waals surface area contributed by atoms with E-state index in [1.165, 1.54) is 0 Å². The summed E-state index contributed by atoms with van der Waals surface area (Å²) < 4.78 is 11.2. The maximum atomic E-state index is 12.1. The topological polar surface area (TPSA) is 59.3 Å². The van der Waals surface area contributed by atoms with E-state index in [0.717, 1.165) is 19.3 Å². The number of nitrogens with zero attached hydrogens (tertiary/aromatic N) is 1. The van der Waals surface area contributed by atoms with Crippen LogP contribution in [-0.4, -0.2) is 20.9 Å². The zero-order valence-corrected chi connectivity index (χ0v) is 16.4. The van der Waals surface area contributed by atoms with Crippen molar-refractivity contribution in [2.45, 2.75) is 65.1 Å². The zero-order valence-electron chi connectivity index (χ0n) is 15.4. The van der Waals surface area contributed by atoms with Crippen molar-refractivity contribution in [1.82, 2.24) is 0 Å². The Labute approximate surface area is 142 Å². The first-order valence-electron chi connectivity index (χ1n) is 8.54. The highest BCUT2D eigenvalue weighted by Crippen LogP contribution is 2.39. The van der Waals surface area contributed by atoms with E-state index in [9.17, 15) is 10.1 Å². The number of nitriles is 1. The normalized spacial score (nSPS) is 23.5. The summed E-state index contributed by atoms with van der Waals surface area (Å²) in [5.41, 5.74) is 0. The van der Waals surface area contributed by atoms with Gasteiger partial charge in [0.15, 0.2) is 0 Å². The van der Waals surface area contributed by atoms with Crippen LogP contribution in [0.5, 0.6) is 0 Å². The number of ether oxygens (including phenoxy) is 1. The molecule has 0 aromatic rings. The third-order valence-electron chi connectivity index (χ3n) is 5.22. The molecule has 0 bridgehead atoms. The van der Waals surface area contributed by atoms with Gasteiger partial charge in [0.2, 0.25) is 8.32 Å². The van der Waals surface area contributed by atoms with Crippen LogP contribution in [-0.2, 0) is 14.0 Å². The van der Waals surface area contributed by atoms with E-state index in [0.29, 0.717) is 6.61 Å². The summed E-state index contributed by atoms with van der Waals surface area (Å²) in [6, 6.07) is 2.34. The van der Waals surface area contributed by atoms with Crippen molar-refractivity contribution in [3.8, 4) is 6.07 Å². The van der Waals surface area contributed by atoms with Gasteiger partial charge in [0.05, 0.1) is 30.8 Å². The smallest absolute Gasteiger partial charge is 0.309 e. The average molecular weight is 338 g/mol. The number of allylic oxidation sites excluding steroid dienone is 1. The molecule has 0 radical (unpaired) electrons. The Morgan fingerprint density at radius 3 is 2.57 bits per heavy atom. The molecule has 1 aliphatic carbocycles. The summed E-state index contributed by atoms with van der Waals surface area (Å²) in [7, 11) is -1.86. The molecule has 3 atom stereocenters. The van der Waals surface area contributed by atoms with Crippen molar-refractivity contribution in [3.05, 3.63) is 12.3 Å². The van der Waals surface area contributed by atoms with Crippen LogP contribution in [0.15, 0.2) is 12.3 Å². The van der Waals surface area contributed by atoms with Crippen LogP contribution in [0, 0.1) is 29.1 Å². The molecule has 5 heteroatoms. The van der Waals surface area contributed by atoms with Crippen LogP contribution in [0.2, 0.25) is 18.1 Å². The Morgan fingerprint density at radius 2 is 2.04 bits per heavy atom. The van der Waals surface area contributed by atoms with Crippen LogP contribution < -0.4 is 0 Å². The molecular weight excluding hydrogens is 306 g/mol. The molecule has 0 N–H and O–H groups in total. The standard InChI is InChI=1S/C18H31NO3Si/c1-7-21-17(20)16-10-8-9-15(16)14(13-19)11-12-22-23(5,6)18(2,3)4/h11-12,14-16H,7-10H2,1-6H3/b12-11+/t14-,15+,16-/m0/s1. The first-order chi connectivity index (χ1) is 10.6. The van der Waals surface area contributed by atoms with Gasteiger partial charge in [-0.25, -0.2) is 0 Å². The number of carbonyl (C=O) groups excluding carboxylic acids is 1. The SMILES string of the molecule is CCOC(=O)[C@H]1CCC[C@@H]1[C@H](C#N)/C=C/O[Si](C)(C)C(C)(C)C. The van der Waals surface area contributed by atoms with E-state index in [2.05, 4.69) is 39.9 Å². The van der Waals surface area contributed by atoms with Crippen LogP contribution in [0.1, 0.15) is 47.0 Å². The predicted molar refractivity (Wildman–Crippen MR) is 94.0 cm³/mol. The van der Waals surface area contributed by atoms with Crippen molar-refractivity contribution >= 4 is 14.3 Å². The van der Waals surface area contributed by atoms with Gasteiger partial charge in [0.1, 0.15) is 0 Å². The maximum absolute atomic E-state index is 12.1. The number of hydrogen-bond acceptors (Lipinski definition) is 4. The van der Waals surface area contributed by atoms with E-state index in [1.807, 2.05) is 13.0 Å². The highest BCUT2D eigenvalue weighted by molar-refractivity contribution is 6.74. The first-order valence-corrected chi connectivity index (χ1v) is 11.5. The summed E-state index contributed by atoms with van der Waals surface area (Å²) >= 11 is 0. The second-order valence-corrected chi connectivity index (χ2v) is 12.6. The van der Waals surface area contributed by atoms with Crippen molar-refractivity contribution in [1.29, 1.82) is 5.26 Å². The van der Waals surface area contributed by atoms with Gasteiger partial charge in [0, 0.05) is 0 Å². The fourth-order valence-electron chi connectivity index (χ4n) is 2.71. The minimum absolute atomic E-state index is 0.0401. The number of esters is 1. The molecule has 1 rings (SSSR count). The third kappa shape index (κ3) is 5.10. The highest BCUT2D eigenvalue weighted by atomic mass is 28.4. The van der Waals surface area contributed by atoms with E-state index >= 15 is 0 Å². The van der Waals surface area contributed by atoms with Crippen molar-refractivity contribution in [3.63, 3.8) is 0 Å². The Morgan fingerprint density at radius 1 is 1.39 bits per heavy atom. The lowest BCUT2D eigenvalue weighted by Crippen LogP contribution is -2.39. The van der Waals surface area contributed by atoms with Gasteiger partial charge >= 0.3 is 5.97 Å². The van der Waals surface area contributed by atoms with E-state index in [1.54, 1.807) is 6.26 Å². The third-order valence-corrected chi connectivity index (χ3v) is 9.56. The molecule has 1 fully saturated rings. The van der Waals surface area contributed by atoms with E-state index < -0.39 is 8.32 Å². The molecule has 0 aromatic carbocycles. The minimum atomic E-state index is -1.86. The van der Waals surface area contributed by atoms with Crippen LogP contribution in [0.25, 0.3) is 0 Å². The molecule has 0 heterocycles. The summed E-state index contributed by atoms with van der Waals surface area (Å²) in [6.45, 7) is 13.1. The van der Waals surface area contributed by atoms with Gasteiger partial charge in [-0.2, -0.15) is 5.26 Å². The fraction of sp³-hybridized carbons (Fsp3) is 0.778. The molecule has 1 aliphatic rings. The molecule has 0 saturated heterocycles. The molecule has 1 saturated carbocycles. The Kier molecular flexibility index (Phi) is 6.88. The molecule has 0 aliphatic heterocycles. The van der Waals surface area contributed by atoms with Gasteiger partial charge in [-0.15, -0.1) is 0 Å². The molecule has 130 valence electrons. The van der Waals surface area contributed by atoms with Crippen LogP contribution >= 0.6 is 0 Å². The molecule has 0 aromatic heterocycles. The van der Waals surface area contributed by atoms with Gasteiger partial charge in [-0.1, -0.05) is 27.2 Å². The lowest BCUT2D eigenvalue weighted by molar-refractivity contribution is -0.149. The summed E-state index contributed by atoms with van der Waals surface area (Å²) in [5, 5.41) is 9.63. The lowest BCUT2D eigenvalue weighted by Gasteiger charge is -2.35. The second kappa shape index (κ2) is 8.01. The van der Waals surface area contributed by atoms with Crippen molar-refractivity contribution in [2.75, 3.05) is 6.61 Å². The van der Waals surface area contributed by atoms with Gasteiger partial charge in [-0.3, -0.25) is 4.79 Å². The maximum Gasteiger partial charge on any atom is 0.309 e. The van der Waals surface area contributed by atoms with Gasteiger partial charge in [0.25, 0.3) is 0 Å². The molecule has 0 unspecified atom stereocenters. The second-order valence-electron chi connectivity index (χ2n) is 7.81. The monoisotopic (exact) mass is 337 g/mol. The van der Waals surface area contributed by atoms with E-state index in [-0.39, 0.29) is 28.8 Å². The lowest BCUT2D eigenvalue weighted by atomic mass is 9.84. The summed E-state index contributed by atoms with van der Waals surface area (Å²) in [4.78, 5) is 12.1. The van der Waals surface area contributed by atoms with E-state index in [4.69, 9.17) is 9.16 Å². The van der Waals surface area contributed by atoms with Crippen LogP contribution in [0.3, 0.4) is 0 Å². The van der Waals surface area contributed by atoms with Gasteiger partial charge in [-0.05, 0) is 49.9 Å². The number of carbonyl (C=O) groups is 1. The van der Waals surface area contributed by atoms with Crippen molar-refractivity contribution in [2.24, 2.45) is 17.8 Å². The summed E-state index contributed by atoms with van der Waals surface area (Å²) in [5.74, 6) is -0.568. The Hall–Kier alpha value is -1.28. The minimum Gasteiger partial charge on any atom is -0.549 e. The fourth-order valence-corrected chi connectivity index (χ4v) is 3.49. The highest BCUT2D eigenvalue weighted by Gasteiger charge is 2.39. The summed E-state index contributed by atoms with van der Waals surface area (Å²) in [6.07, 6.45) is 6.22. The van der Waals surface area contributed by atoms with Crippen LogP contribution in [0.4, 0.5) is 0 Å². The van der Waals surface area contributed by atoms with Gasteiger partial charge < -0.3 is 9.16 Å². The molecular formula is C18H31NO3Si. The van der Waals surface area contributed by atoms with Crippen molar-refractivity contribution < 1.29 is 14.0 Å². The molecule has 0 spiro atoms. The first kappa shape index (κ1) is 19.8. The number of hydrogen-bond donors (Lipinski definition) is 0.